The van der Waals surface area contributed by atoms with E-state index in [1.165, 1.54) is 12.1 Å². The molecule has 2 fully saturated rings. The fourth-order valence-corrected chi connectivity index (χ4v) is 6.05. The van der Waals surface area contributed by atoms with E-state index in [4.69, 9.17) is 0 Å². The molecule has 2 aromatic carbocycles. The van der Waals surface area contributed by atoms with Gasteiger partial charge in [0.1, 0.15) is 11.2 Å². The number of hydrogen-bond acceptors (Lipinski definition) is 3. The molecule has 1 aliphatic heterocycles. The van der Waals surface area contributed by atoms with Crippen molar-refractivity contribution in [3.63, 3.8) is 0 Å². The van der Waals surface area contributed by atoms with Gasteiger partial charge in [0.15, 0.2) is 0 Å². The third kappa shape index (κ3) is 7.25. The molecule has 2 N–H and O–H groups in total. The van der Waals surface area contributed by atoms with Crippen LogP contribution in [-0.2, 0) is 28.5 Å². The van der Waals surface area contributed by atoms with E-state index < -0.39 is 47.3 Å². The summed E-state index contributed by atoms with van der Waals surface area (Å²) in [6.07, 6.45) is -7.50. The van der Waals surface area contributed by atoms with Crippen LogP contribution in [0, 0.1) is 11.2 Å². The topological polar surface area (TPSA) is 61.4 Å². The predicted octanol–water partition coefficient (Wildman–Crippen LogP) is 6.42. The van der Waals surface area contributed by atoms with Gasteiger partial charge in [-0.1, -0.05) is 12.1 Å². The molecule has 0 radical (unpaired) electrons. The quantitative estimate of drug-likeness (QED) is 0.285. The van der Waals surface area contributed by atoms with E-state index in [-0.39, 0.29) is 48.3 Å². The van der Waals surface area contributed by atoms with Crippen LogP contribution in [0.2, 0.25) is 0 Å². The van der Waals surface area contributed by atoms with Crippen LogP contribution in [0.5, 0.6) is 0 Å². The number of nitrogens with zero attached hydrogens (tertiary/aromatic N) is 1. The minimum atomic E-state index is -5.01. The predicted molar refractivity (Wildman–Crippen MR) is 142 cm³/mol. The van der Waals surface area contributed by atoms with Gasteiger partial charge in [-0.25, -0.2) is 4.39 Å². The monoisotopic (exact) mass is 601 g/mol. The number of carbonyl (C=O) groups is 2. The van der Waals surface area contributed by atoms with Crippen LogP contribution in [0.4, 0.5) is 30.7 Å². The Kier molecular flexibility index (Phi) is 9.25. The highest BCUT2D eigenvalue weighted by atomic mass is 19.4. The average Bonchev–Trinajstić information content (AvgIpc) is 3.38. The molecule has 2 unspecified atom stereocenters. The number of nitrogens with one attached hydrogen (secondary N) is 2. The summed E-state index contributed by atoms with van der Waals surface area (Å²) in [6.45, 7) is 4.28. The number of likely N-dealkylation sites (tertiary alicyclic amines) is 1. The van der Waals surface area contributed by atoms with E-state index in [1.54, 1.807) is 26.0 Å². The SMILES string of the molecule is CC(C)NC(=O)C1(C(=O)NCc2cc(C(F)(F)F)cc(C(F)(F)F)c2)CCC(N2CCC(c3ccc(F)cc3)CC2)C1. The van der Waals surface area contributed by atoms with Crippen molar-refractivity contribution >= 4 is 11.8 Å². The van der Waals surface area contributed by atoms with E-state index in [1.807, 2.05) is 0 Å². The first kappa shape index (κ1) is 31.8. The summed E-state index contributed by atoms with van der Waals surface area (Å²) >= 11 is 0. The molecule has 0 spiro atoms. The van der Waals surface area contributed by atoms with Gasteiger partial charge in [0.25, 0.3) is 0 Å². The molecule has 230 valence electrons. The van der Waals surface area contributed by atoms with Crippen molar-refractivity contribution in [3.8, 4) is 0 Å². The first-order chi connectivity index (χ1) is 19.6. The van der Waals surface area contributed by atoms with E-state index in [9.17, 15) is 40.3 Å². The molecule has 2 aliphatic rings. The number of piperidine rings is 1. The molecule has 42 heavy (non-hydrogen) atoms. The summed E-state index contributed by atoms with van der Waals surface area (Å²) in [6, 6.07) is 7.20. The maximum Gasteiger partial charge on any atom is 0.416 e. The van der Waals surface area contributed by atoms with Crippen molar-refractivity contribution in [2.24, 2.45) is 5.41 Å². The van der Waals surface area contributed by atoms with E-state index >= 15 is 0 Å². The molecular formula is C30H34F7N3O2. The summed E-state index contributed by atoms with van der Waals surface area (Å²) in [4.78, 5) is 29.2. The number of amides is 2. The lowest BCUT2D eigenvalue weighted by Gasteiger charge is -2.37. The van der Waals surface area contributed by atoms with E-state index in [0.29, 0.717) is 31.6 Å². The Morgan fingerprint density at radius 2 is 1.48 bits per heavy atom. The molecule has 1 saturated carbocycles. The minimum Gasteiger partial charge on any atom is -0.353 e. The summed E-state index contributed by atoms with van der Waals surface area (Å²) in [7, 11) is 0. The fraction of sp³-hybridized carbons (Fsp3) is 0.533. The molecule has 0 aromatic heterocycles. The second-order valence-corrected chi connectivity index (χ2v) is 11.6. The molecule has 4 rings (SSSR count). The standard InChI is InChI=1S/C30H34F7N3O2/c1-18(2)39-27(42)28(26(41)38-17-19-13-22(29(32,33)34)15-23(14-19)30(35,36)37)10-7-25(16-28)40-11-8-21(9-12-40)20-3-5-24(31)6-4-20/h3-6,13-15,18,21,25H,7-12,16-17H2,1-2H3,(H,38,41)(H,39,42). The largest absolute Gasteiger partial charge is 0.416 e. The van der Waals surface area contributed by atoms with Crippen molar-refractivity contribution in [2.75, 3.05) is 13.1 Å². The van der Waals surface area contributed by atoms with Crippen LogP contribution < -0.4 is 10.6 Å². The van der Waals surface area contributed by atoms with Crippen molar-refractivity contribution < 1.29 is 40.3 Å². The molecule has 2 aromatic rings. The van der Waals surface area contributed by atoms with Gasteiger partial charge in [-0.2, -0.15) is 26.3 Å². The first-order valence-corrected chi connectivity index (χ1v) is 14.0. The highest BCUT2D eigenvalue weighted by Gasteiger charge is 2.52. The lowest BCUT2D eigenvalue weighted by molar-refractivity contribution is -0.144. The molecule has 2 atom stereocenters. The van der Waals surface area contributed by atoms with Gasteiger partial charge in [0.2, 0.25) is 11.8 Å². The Morgan fingerprint density at radius 1 is 0.905 bits per heavy atom. The van der Waals surface area contributed by atoms with Gasteiger partial charge >= 0.3 is 12.4 Å². The Balaban J connectivity index is 1.48. The number of benzene rings is 2. The Morgan fingerprint density at radius 3 is 2.00 bits per heavy atom. The maximum atomic E-state index is 13.6. The fourth-order valence-electron chi connectivity index (χ4n) is 6.05. The van der Waals surface area contributed by atoms with Crippen LogP contribution in [0.3, 0.4) is 0 Å². The molecule has 0 bridgehead atoms. The number of carbonyl (C=O) groups excluding carboxylic acids is 2. The lowest BCUT2D eigenvalue weighted by Crippen LogP contribution is -2.52. The molecule has 1 heterocycles. The van der Waals surface area contributed by atoms with Gasteiger partial charge in [-0.05, 0) is 106 Å². The summed E-state index contributed by atoms with van der Waals surface area (Å²) < 4.78 is 93.1. The van der Waals surface area contributed by atoms with Gasteiger partial charge in [0.05, 0.1) is 11.1 Å². The summed E-state index contributed by atoms with van der Waals surface area (Å²) in [5.41, 5.74) is -3.78. The molecule has 12 heteroatoms. The number of hydrogen-bond donors (Lipinski definition) is 2. The Hall–Kier alpha value is -3.15. The van der Waals surface area contributed by atoms with Gasteiger partial charge in [-0.15, -0.1) is 0 Å². The minimum absolute atomic E-state index is 0.0315. The van der Waals surface area contributed by atoms with Gasteiger partial charge in [-0.3, -0.25) is 9.59 Å². The average molecular weight is 602 g/mol. The van der Waals surface area contributed by atoms with Gasteiger partial charge < -0.3 is 15.5 Å². The second-order valence-electron chi connectivity index (χ2n) is 11.6. The number of alkyl halides is 6. The van der Waals surface area contributed by atoms with Crippen LogP contribution >= 0.6 is 0 Å². The molecule has 5 nitrogen and oxygen atoms in total. The zero-order valence-corrected chi connectivity index (χ0v) is 23.3. The van der Waals surface area contributed by atoms with Crippen molar-refractivity contribution in [1.82, 2.24) is 15.5 Å². The van der Waals surface area contributed by atoms with Crippen molar-refractivity contribution in [3.05, 3.63) is 70.5 Å². The van der Waals surface area contributed by atoms with Crippen LogP contribution in [0.1, 0.15) is 74.1 Å². The second kappa shape index (κ2) is 12.2. The van der Waals surface area contributed by atoms with Crippen molar-refractivity contribution in [2.45, 2.75) is 82.9 Å². The molecule has 2 amide bonds. The number of halogens is 7. The van der Waals surface area contributed by atoms with Crippen molar-refractivity contribution in [1.29, 1.82) is 0 Å². The summed E-state index contributed by atoms with van der Waals surface area (Å²) in [5, 5.41) is 5.24. The van der Waals surface area contributed by atoms with Crippen LogP contribution in [0.25, 0.3) is 0 Å². The molecule has 1 saturated heterocycles. The Bertz CT molecular complexity index is 1240. The molecular weight excluding hydrogens is 567 g/mol. The number of rotatable bonds is 7. The Labute approximate surface area is 239 Å². The third-order valence-electron chi connectivity index (χ3n) is 8.27. The first-order valence-electron chi connectivity index (χ1n) is 14.0. The maximum absolute atomic E-state index is 13.6. The molecule has 1 aliphatic carbocycles. The zero-order valence-electron chi connectivity index (χ0n) is 23.3. The van der Waals surface area contributed by atoms with Crippen LogP contribution in [0.15, 0.2) is 42.5 Å². The zero-order chi connectivity index (χ0) is 30.9. The smallest absolute Gasteiger partial charge is 0.353 e. The van der Waals surface area contributed by atoms with Gasteiger partial charge in [0, 0.05) is 18.6 Å². The highest BCUT2D eigenvalue weighted by molar-refractivity contribution is 6.05. The summed E-state index contributed by atoms with van der Waals surface area (Å²) in [5.74, 6) is -1.28. The van der Waals surface area contributed by atoms with E-state index in [2.05, 4.69) is 15.5 Å². The highest BCUT2D eigenvalue weighted by Crippen LogP contribution is 2.43. The lowest BCUT2D eigenvalue weighted by atomic mass is 9.82. The van der Waals surface area contributed by atoms with Crippen LogP contribution in [-0.4, -0.2) is 41.9 Å². The normalized spacial score (nSPS) is 22.4. The van der Waals surface area contributed by atoms with E-state index in [0.717, 1.165) is 18.4 Å². The third-order valence-corrected chi connectivity index (χ3v) is 8.27.